The number of carbonyl (C=O) groups is 2. The number of halogens is 2. The fourth-order valence-corrected chi connectivity index (χ4v) is 3.99. The van der Waals surface area contributed by atoms with Crippen LogP contribution in [0.5, 0.6) is 0 Å². The predicted molar refractivity (Wildman–Crippen MR) is 135 cm³/mol. The second kappa shape index (κ2) is 12.3. The van der Waals surface area contributed by atoms with Crippen molar-refractivity contribution in [2.75, 3.05) is 5.32 Å². The highest BCUT2D eigenvalue weighted by Gasteiger charge is 2.22. The summed E-state index contributed by atoms with van der Waals surface area (Å²) in [6, 6.07) is 18.4. The van der Waals surface area contributed by atoms with Crippen LogP contribution < -0.4 is 16.4 Å². The molecule has 1 aliphatic rings. The Morgan fingerprint density at radius 3 is 2.42 bits per heavy atom. The minimum Gasteiger partial charge on any atom is -0.349 e. The fourth-order valence-electron chi connectivity index (χ4n) is 3.99. The quantitative estimate of drug-likeness (QED) is 0.467. The molecule has 0 saturated heterocycles. The molecule has 2 amide bonds. The van der Waals surface area contributed by atoms with Gasteiger partial charge in [0, 0.05) is 36.1 Å². The topological polar surface area (TPSA) is 97.1 Å². The van der Waals surface area contributed by atoms with Crippen molar-refractivity contribution in [1.29, 1.82) is 0 Å². The maximum Gasteiger partial charge on any atom is 0.255 e. The van der Waals surface area contributed by atoms with Gasteiger partial charge in [-0.15, -0.1) is 24.8 Å². The highest BCUT2D eigenvalue weighted by Crippen LogP contribution is 2.29. The van der Waals surface area contributed by atoms with E-state index in [4.69, 9.17) is 5.73 Å². The van der Waals surface area contributed by atoms with Gasteiger partial charge in [-0.2, -0.15) is 0 Å². The van der Waals surface area contributed by atoms with E-state index in [-0.39, 0.29) is 49.1 Å². The number of aromatic nitrogens is 1. The Balaban J connectivity index is 0.00000193. The summed E-state index contributed by atoms with van der Waals surface area (Å²) < 4.78 is 0. The van der Waals surface area contributed by atoms with Crippen LogP contribution in [0.25, 0.3) is 0 Å². The zero-order valence-electron chi connectivity index (χ0n) is 18.1. The van der Waals surface area contributed by atoms with E-state index in [1.54, 1.807) is 48.8 Å². The molecule has 0 fully saturated rings. The molecule has 6 nitrogen and oxygen atoms in total. The van der Waals surface area contributed by atoms with Gasteiger partial charge in [0.2, 0.25) is 5.91 Å². The van der Waals surface area contributed by atoms with Crippen molar-refractivity contribution < 1.29 is 9.59 Å². The number of nitrogens with two attached hydrogens (primary N) is 1. The second-order valence-corrected chi connectivity index (χ2v) is 7.83. The van der Waals surface area contributed by atoms with Gasteiger partial charge in [0.1, 0.15) is 0 Å². The Morgan fingerprint density at radius 1 is 1.00 bits per heavy atom. The largest absolute Gasteiger partial charge is 0.349 e. The van der Waals surface area contributed by atoms with Crippen LogP contribution in [0.3, 0.4) is 0 Å². The van der Waals surface area contributed by atoms with E-state index in [1.165, 1.54) is 11.1 Å². The van der Waals surface area contributed by atoms with Crippen LogP contribution in [-0.2, 0) is 11.2 Å². The van der Waals surface area contributed by atoms with Crippen LogP contribution in [0.2, 0.25) is 0 Å². The number of amides is 2. The van der Waals surface area contributed by atoms with Crippen LogP contribution in [-0.4, -0.2) is 16.8 Å². The van der Waals surface area contributed by atoms with Crippen LogP contribution in [0, 0.1) is 0 Å². The summed E-state index contributed by atoms with van der Waals surface area (Å²) in [4.78, 5) is 28.9. The molecule has 0 spiro atoms. The van der Waals surface area contributed by atoms with Crippen molar-refractivity contribution in [1.82, 2.24) is 10.3 Å². The predicted octanol–water partition coefficient (Wildman–Crippen LogP) is 4.76. The molecular weight excluding hydrogens is 459 g/mol. The molecule has 4 rings (SSSR count). The number of hydrogen-bond donors (Lipinski definition) is 3. The summed E-state index contributed by atoms with van der Waals surface area (Å²) in [7, 11) is 0. The number of nitrogens with one attached hydrogen (secondary N) is 2. The molecular formula is C25H28Cl2N4O2. The maximum absolute atomic E-state index is 12.6. The molecule has 8 heteroatoms. The first-order valence-corrected chi connectivity index (χ1v) is 10.5. The van der Waals surface area contributed by atoms with Crippen LogP contribution in [0.4, 0.5) is 5.69 Å². The van der Waals surface area contributed by atoms with Crippen LogP contribution in [0.15, 0.2) is 73.1 Å². The van der Waals surface area contributed by atoms with Crippen molar-refractivity contribution in [2.45, 2.75) is 37.8 Å². The molecule has 0 unspecified atom stereocenters. The van der Waals surface area contributed by atoms with E-state index in [0.29, 0.717) is 11.3 Å². The first-order chi connectivity index (χ1) is 15.1. The van der Waals surface area contributed by atoms with E-state index >= 15 is 0 Å². The number of anilines is 1. The lowest BCUT2D eigenvalue weighted by molar-refractivity contribution is -0.122. The Labute approximate surface area is 206 Å². The molecule has 4 N–H and O–H groups in total. The van der Waals surface area contributed by atoms with Gasteiger partial charge in [0.25, 0.3) is 5.91 Å². The molecule has 2 atom stereocenters. The van der Waals surface area contributed by atoms with Gasteiger partial charge >= 0.3 is 0 Å². The Kier molecular flexibility index (Phi) is 9.85. The fraction of sp³-hybridized carbons (Fsp3) is 0.240. The zero-order chi connectivity index (χ0) is 21.6. The highest BCUT2D eigenvalue weighted by atomic mass is 35.5. The molecule has 2 aromatic carbocycles. The maximum atomic E-state index is 12.6. The number of aryl methyl sites for hydroxylation is 1. The average Bonchev–Trinajstić information content (AvgIpc) is 2.80. The lowest BCUT2D eigenvalue weighted by Gasteiger charge is -2.27. The van der Waals surface area contributed by atoms with E-state index in [1.807, 2.05) is 12.1 Å². The van der Waals surface area contributed by atoms with E-state index in [9.17, 15) is 9.59 Å². The number of pyridine rings is 1. The molecule has 3 aromatic rings. The SMILES string of the molecule is Cl.Cl.N[C@@H](CC(=O)N[C@@H]1CCCc2ccccc21)c1ccc(C(=O)Nc2ccncc2)cc1. The van der Waals surface area contributed by atoms with Crippen LogP contribution in [0.1, 0.15) is 58.4 Å². The number of nitrogens with zero attached hydrogens (tertiary/aromatic N) is 1. The van der Waals surface area contributed by atoms with Gasteiger partial charge in [-0.1, -0.05) is 36.4 Å². The smallest absolute Gasteiger partial charge is 0.255 e. The minimum absolute atomic E-state index is 0. The van der Waals surface area contributed by atoms with Crippen molar-refractivity contribution in [2.24, 2.45) is 5.73 Å². The van der Waals surface area contributed by atoms with Gasteiger partial charge < -0.3 is 16.4 Å². The lowest BCUT2D eigenvalue weighted by Crippen LogP contribution is -2.33. The molecule has 1 heterocycles. The summed E-state index contributed by atoms with van der Waals surface area (Å²) >= 11 is 0. The Bertz CT molecular complexity index is 1060. The summed E-state index contributed by atoms with van der Waals surface area (Å²) in [5, 5.41) is 5.96. The number of carbonyl (C=O) groups excluding carboxylic acids is 2. The molecule has 0 aliphatic heterocycles. The van der Waals surface area contributed by atoms with E-state index in [2.05, 4.69) is 27.8 Å². The van der Waals surface area contributed by atoms with Gasteiger partial charge in [-0.25, -0.2) is 0 Å². The summed E-state index contributed by atoms with van der Waals surface area (Å²) in [6.07, 6.45) is 6.50. The third-order valence-corrected chi connectivity index (χ3v) is 5.65. The zero-order valence-corrected chi connectivity index (χ0v) is 19.7. The molecule has 174 valence electrons. The molecule has 0 bridgehead atoms. The monoisotopic (exact) mass is 486 g/mol. The van der Waals surface area contributed by atoms with Crippen molar-refractivity contribution >= 4 is 42.3 Å². The van der Waals surface area contributed by atoms with Gasteiger partial charge in [-0.3, -0.25) is 14.6 Å². The molecule has 1 aliphatic carbocycles. The second-order valence-electron chi connectivity index (χ2n) is 7.83. The normalized spacial score (nSPS) is 15.1. The third-order valence-electron chi connectivity index (χ3n) is 5.65. The standard InChI is InChI=1S/C25H26N4O2.2ClH/c26-22(16-24(30)29-23-7-3-5-17-4-1-2-6-21(17)23)18-8-10-19(11-9-18)25(31)28-20-12-14-27-15-13-20;;/h1-2,4,6,8-15,22-23H,3,5,7,16,26H2,(H,29,30)(H,27,28,31);2*1H/t22-,23+;;/m0../s1. The van der Waals surface area contributed by atoms with Gasteiger partial charge in [0.15, 0.2) is 0 Å². The van der Waals surface area contributed by atoms with E-state index in [0.717, 1.165) is 24.8 Å². The van der Waals surface area contributed by atoms with E-state index < -0.39 is 6.04 Å². The highest BCUT2D eigenvalue weighted by molar-refractivity contribution is 6.04. The third kappa shape index (κ3) is 6.78. The first-order valence-electron chi connectivity index (χ1n) is 10.5. The number of hydrogen-bond acceptors (Lipinski definition) is 4. The molecule has 33 heavy (non-hydrogen) atoms. The summed E-state index contributed by atoms with van der Waals surface area (Å²) in [6.45, 7) is 0. The van der Waals surface area contributed by atoms with Crippen molar-refractivity contribution in [3.63, 3.8) is 0 Å². The molecule has 0 radical (unpaired) electrons. The summed E-state index contributed by atoms with van der Waals surface area (Å²) in [5.41, 5.74) is 10.8. The average molecular weight is 487 g/mol. The Hall–Kier alpha value is -2.93. The van der Waals surface area contributed by atoms with Crippen molar-refractivity contribution in [3.8, 4) is 0 Å². The minimum atomic E-state index is -0.434. The van der Waals surface area contributed by atoms with Crippen LogP contribution >= 0.6 is 24.8 Å². The number of benzene rings is 2. The number of rotatable bonds is 6. The first kappa shape index (κ1) is 26.3. The lowest BCUT2D eigenvalue weighted by atomic mass is 9.87. The molecule has 0 saturated carbocycles. The van der Waals surface area contributed by atoms with Gasteiger partial charge in [0.05, 0.1) is 6.04 Å². The number of fused-ring (bicyclic) bond motifs is 1. The molecule has 1 aromatic heterocycles. The summed E-state index contributed by atoms with van der Waals surface area (Å²) in [5.74, 6) is -0.270. The van der Waals surface area contributed by atoms with Crippen molar-refractivity contribution in [3.05, 3.63) is 95.3 Å². The van der Waals surface area contributed by atoms with Gasteiger partial charge in [-0.05, 0) is 60.2 Å². The Morgan fingerprint density at radius 2 is 1.70 bits per heavy atom.